The first kappa shape index (κ1) is 24.1. The molecule has 1 N–H and O–H groups in total. The van der Waals surface area contributed by atoms with Gasteiger partial charge in [-0.1, -0.05) is 78.7 Å². The number of hydrogen-bond acceptors (Lipinski definition) is 3. The quantitative estimate of drug-likeness (QED) is 0.453. The number of amides is 1. The molecule has 1 atom stereocenters. The molecule has 0 aliphatic rings. The first-order valence-corrected chi connectivity index (χ1v) is 12.6. The molecule has 5 nitrogen and oxygen atoms in total. The molecular weight excluding hydrogens is 467 g/mol. The molecule has 0 heterocycles. The Kier molecular flexibility index (Phi) is 7.82. The van der Waals surface area contributed by atoms with E-state index in [4.69, 9.17) is 23.2 Å². The van der Waals surface area contributed by atoms with Gasteiger partial charge in [-0.15, -0.1) is 0 Å². The Morgan fingerprint density at radius 2 is 1.53 bits per heavy atom. The third-order valence-corrected chi connectivity index (χ3v) is 6.79. The fourth-order valence-corrected chi connectivity index (χ4v) is 4.88. The molecule has 3 rings (SSSR count). The molecule has 0 bridgehead atoms. The monoisotopic (exact) mass is 490 g/mol. The minimum Gasteiger partial charge on any atom is -0.351 e. The third kappa shape index (κ3) is 6.03. The number of carbonyl (C=O) groups excluding carboxylic acids is 1. The highest BCUT2D eigenvalue weighted by molar-refractivity contribution is 7.92. The Labute approximate surface area is 199 Å². The molecule has 8 heteroatoms. The number of rotatable bonds is 8. The van der Waals surface area contributed by atoms with Crippen molar-refractivity contribution in [3.05, 3.63) is 99.5 Å². The van der Waals surface area contributed by atoms with Gasteiger partial charge >= 0.3 is 0 Å². The second-order valence-electron chi connectivity index (χ2n) is 7.56. The van der Waals surface area contributed by atoms with Crippen LogP contribution in [0.4, 0.5) is 5.69 Å². The van der Waals surface area contributed by atoms with Gasteiger partial charge in [-0.05, 0) is 41.3 Å². The van der Waals surface area contributed by atoms with E-state index >= 15 is 0 Å². The number of nitrogens with zero attached hydrogens (tertiary/aromatic N) is 1. The van der Waals surface area contributed by atoms with Gasteiger partial charge in [0.25, 0.3) is 5.91 Å². The molecule has 0 saturated carbocycles. The number of hydrogen-bond donors (Lipinski definition) is 1. The van der Waals surface area contributed by atoms with Crippen molar-refractivity contribution in [2.45, 2.75) is 19.4 Å². The number of benzene rings is 3. The summed E-state index contributed by atoms with van der Waals surface area (Å²) in [6.45, 7) is 2.60. The van der Waals surface area contributed by atoms with Crippen LogP contribution in [-0.2, 0) is 16.6 Å². The minimum absolute atomic E-state index is 0.0369. The van der Waals surface area contributed by atoms with E-state index in [1.807, 2.05) is 30.3 Å². The van der Waals surface area contributed by atoms with E-state index in [2.05, 4.69) is 12.2 Å². The van der Waals surface area contributed by atoms with Crippen LogP contribution in [0.5, 0.6) is 0 Å². The van der Waals surface area contributed by atoms with Crippen molar-refractivity contribution in [2.75, 3.05) is 17.1 Å². The highest BCUT2D eigenvalue weighted by Gasteiger charge is 2.23. The van der Waals surface area contributed by atoms with Crippen molar-refractivity contribution in [2.24, 2.45) is 0 Å². The standard InChI is InChI=1S/C24H24Cl2N2O3S/c1-17(19-7-4-3-5-8-19)15-27-24(29)20-13-11-18(12-14-20)16-28(32(2,30)31)23-21(25)9-6-10-22(23)26/h3-14,17H,15-16H2,1-2H3,(H,27,29). The smallest absolute Gasteiger partial charge is 0.251 e. The number of anilines is 1. The number of sulfonamides is 1. The van der Waals surface area contributed by atoms with Crippen LogP contribution >= 0.6 is 23.2 Å². The van der Waals surface area contributed by atoms with Crippen LogP contribution in [0.2, 0.25) is 10.0 Å². The molecular formula is C24H24Cl2N2O3S. The molecule has 0 radical (unpaired) electrons. The number of carbonyl (C=O) groups is 1. The summed E-state index contributed by atoms with van der Waals surface area (Å²) in [5.74, 6) is -0.00318. The lowest BCUT2D eigenvalue weighted by Gasteiger charge is -2.24. The maximum atomic E-state index is 12.5. The average molecular weight is 491 g/mol. The van der Waals surface area contributed by atoms with Crippen LogP contribution in [0.3, 0.4) is 0 Å². The van der Waals surface area contributed by atoms with Gasteiger partial charge in [0.05, 0.1) is 28.5 Å². The van der Waals surface area contributed by atoms with E-state index in [0.717, 1.165) is 16.1 Å². The van der Waals surface area contributed by atoms with Gasteiger partial charge in [0.2, 0.25) is 10.0 Å². The Balaban J connectivity index is 1.71. The van der Waals surface area contributed by atoms with Crippen LogP contribution in [-0.4, -0.2) is 27.1 Å². The summed E-state index contributed by atoms with van der Waals surface area (Å²) in [5.41, 5.74) is 2.58. The zero-order valence-electron chi connectivity index (χ0n) is 17.8. The Bertz CT molecular complexity index is 1160. The Morgan fingerprint density at radius 3 is 2.09 bits per heavy atom. The van der Waals surface area contributed by atoms with Gasteiger partial charge in [0.15, 0.2) is 0 Å². The lowest BCUT2D eigenvalue weighted by atomic mass is 10.0. The van der Waals surface area contributed by atoms with E-state index < -0.39 is 10.0 Å². The molecule has 0 aliphatic heterocycles. The Hall–Kier alpha value is -2.54. The van der Waals surface area contributed by atoms with E-state index in [9.17, 15) is 13.2 Å². The summed E-state index contributed by atoms with van der Waals surface area (Å²) < 4.78 is 26.0. The minimum atomic E-state index is -3.65. The average Bonchev–Trinajstić information content (AvgIpc) is 2.76. The fourth-order valence-electron chi connectivity index (χ4n) is 3.26. The predicted molar refractivity (Wildman–Crippen MR) is 131 cm³/mol. The van der Waals surface area contributed by atoms with Crippen molar-refractivity contribution < 1.29 is 13.2 Å². The van der Waals surface area contributed by atoms with Crippen molar-refractivity contribution in [3.63, 3.8) is 0 Å². The summed E-state index contributed by atoms with van der Waals surface area (Å²) in [6.07, 6.45) is 1.10. The molecule has 0 aliphatic carbocycles. The normalized spacial score (nSPS) is 12.2. The van der Waals surface area contributed by atoms with Gasteiger partial charge < -0.3 is 5.32 Å². The number of para-hydroxylation sites is 1. The van der Waals surface area contributed by atoms with E-state index in [0.29, 0.717) is 17.7 Å². The number of halogens is 2. The molecule has 0 aromatic heterocycles. The summed E-state index contributed by atoms with van der Waals surface area (Å²) in [7, 11) is -3.65. The molecule has 168 valence electrons. The number of nitrogens with one attached hydrogen (secondary N) is 1. The third-order valence-electron chi connectivity index (χ3n) is 5.07. The largest absolute Gasteiger partial charge is 0.351 e. The molecule has 32 heavy (non-hydrogen) atoms. The van der Waals surface area contributed by atoms with Gasteiger partial charge in [0, 0.05) is 12.1 Å². The lowest BCUT2D eigenvalue weighted by molar-refractivity contribution is 0.0951. The molecule has 1 unspecified atom stereocenters. The van der Waals surface area contributed by atoms with Crippen LogP contribution in [0.15, 0.2) is 72.8 Å². The van der Waals surface area contributed by atoms with Gasteiger partial charge in [-0.25, -0.2) is 8.42 Å². The molecule has 0 saturated heterocycles. The maximum Gasteiger partial charge on any atom is 0.251 e. The second kappa shape index (κ2) is 10.4. The highest BCUT2D eigenvalue weighted by Crippen LogP contribution is 2.35. The van der Waals surface area contributed by atoms with Crippen molar-refractivity contribution in [1.82, 2.24) is 5.32 Å². The summed E-state index contributed by atoms with van der Waals surface area (Å²) >= 11 is 12.4. The highest BCUT2D eigenvalue weighted by atomic mass is 35.5. The van der Waals surface area contributed by atoms with Gasteiger partial charge in [0.1, 0.15) is 0 Å². The molecule has 1 amide bonds. The summed E-state index contributed by atoms with van der Waals surface area (Å²) in [5, 5.41) is 3.43. The van der Waals surface area contributed by atoms with Crippen molar-refractivity contribution >= 4 is 44.8 Å². The van der Waals surface area contributed by atoms with E-state index in [-0.39, 0.29) is 34.1 Å². The second-order valence-corrected chi connectivity index (χ2v) is 10.3. The van der Waals surface area contributed by atoms with Crippen LogP contribution in [0.1, 0.15) is 34.3 Å². The van der Waals surface area contributed by atoms with E-state index in [1.54, 1.807) is 42.5 Å². The Morgan fingerprint density at radius 1 is 0.938 bits per heavy atom. The first-order chi connectivity index (χ1) is 15.2. The topological polar surface area (TPSA) is 66.5 Å². The fraction of sp³-hybridized carbons (Fsp3) is 0.208. The lowest BCUT2D eigenvalue weighted by Crippen LogP contribution is -2.30. The van der Waals surface area contributed by atoms with Crippen molar-refractivity contribution in [1.29, 1.82) is 0 Å². The molecule has 0 fully saturated rings. The molecule has 0 spiro atoms. The predicted octanol–water partition coefficient (Wildman–Crippen LogP) is 5.49. The van der Waals surface area contributed by atoms with E-state index in [1.165, 1.54) is 0 Å². The first-order valence-electron chi connectivity index (χ1n) is 10.0. The van der Waals surface area contributed by atoms with Gasteiger partial charge in [-0.3, -0.25) is 9.10 Å². The summed E-state index contributed by atoms with van der Waals surface area (Å²) in [6, 6.07) is 21.6. The van der Waals surface area contributed by atoms with Crippen molar-refractivity contribution in [3.8, 4) is 0 Å². The molecule has 3 aromatic rings. The zero-order chi connectivity index (χ0) is 23.3. The van der Waals surface area contributed by atoms with Crippen LogP contribution < -0.4 is 9.62 Å². The zero-order valence-corrected chi connectivity index (χ0v) is 20.1. The summed E-state index contributed by atoms with van der Waals surface area (Å²) in [4.78, 5) is 12.5. The molecule has 3 aromatic carbocycles. The van der Waals surface area contributed by atoms with Gasteiger partial charge in [-0.2, -0.15) is 0 Å². The maximum absolute atomic E-state index is 12.5. The van der Waals surface area contributed by atoms with Crippen LogP contribution in [0.25, 0.3) is 0 Å². The SMILES string of the molecule is CC(CNC(=O)c1ccc(CN(c2c(Cl)cccc2Cl)S(C)(=O)=O)cc1)c1ccccc1. The van der Waals surface area contributed by atoms with Crippen LogP contribution in [0, 0.1) is 0 Å².